The molecule has 4 nitrogen and oxygen atoms in total. The van der Waals surface area contributed by atoms with E-state index in [2.05, 4.69) is 5.32 Å². The van der Waals surface area contributed by atoms with Crippen molar-refractivity contribution in [2.75, 3.05) is 20.1 Å². The van der Waals surface area contributed by atoms with Gasteiger partial charge in [0.15, 0.2) is 6.10 Å². The molecule has 0 saturated carbocycles. The van der Waals surface area contributed by atoms with E-state index in [1.54, 1.807) is 13.0 Å². The monoisotopic (exact) mass is 346 g/mol. The third-order valence-corrected chi connectivity index (χ3v) is 4.25. The fraction of sp³-hybridized carbons (Fsp3) is 0.562. The predicted molar refractivity (Wildman–Crippen MR) is 92.2 cm³/mol. The van der Waals surface area contributed by atoms with Crippen LogP contribution in [0.15, 0.2) is 18.2 Å². The number of nitrogens with one attached hydrogen (secondary N) is 1. The number of carbonyl (C=O) groups excluding carboxylic acids is 1. The fourth-order valence-electron chi connectivity index (χ4n) is 2.60. The van der Waals surface area contributed by atoms with Gasteiger partial charge >= 0.3 is 0 Å². The lowest BCUT2D eigenvalue weighted by Crippen LogP contribution is -2.48. The number of hydrogen-bond donors (Lipinski definition) is 1. The number of benzene rings is 1. The third-order valence-electron chi connectivity index (χ3n) is 3.94. The van der Waals surface area contributed by atoms with Crippen molar-refractivity contribution in [2.24, 2.45) is 0 Å². The van der Waals surface area contributed by atoms with Crippen molar-refractivity contribution in [1.82, 2.24) is 10.2 Å². The van der Waals surface area contributed by atoms with Gasteiger partial charge in [-0.25, -0.2) is 0 Å². The molecule has 1 N–H and O–H groups in total. The van der Waals surface area contributed by atoms with Crippen LogP contribution in [0.1, 0.15) is 25.3 Å². The summed E-state index contributed by atoms with van der Waals surface area (Å²) in [5, 5.41) is 3.84. The SMILES string of the molecule is Cc1ccc(Cl)c(OC(C)C(=O)N(C)C2CCNCC2)c1.Cl. The maximum atomic E-state index is 12.5. The third kappa shape index (κ3) is 4.77. The van der Waals surface area contributed by atoms with Crippen LogP contribution in [0, 0.1) is 6.92 Å². The van der Waals surface area contributed by atoms with Crippen LogP contribution >= 0.6 is 24.0 Å². The minimum Gasteiger partial charge on any atom is -0.479 e. The van der Waals surface area contributed by atoms with Crippen LogP contribution in [0.4, 0.5) is 0 Å². The van der Waals surface area contributed by atoms with Gasteiger partial charge in [0.05, 0.1) is 5.02 Å². The quantitative estimate of drug-likeness (QED) is 0.910. The Morgan fingerprint density at radius 3 is 2.68 bits per heavy atom. The van der Waals surface area contributed by atoms with Gasteiger partial charge in [-0.1, -0.05) is 17.7 Å². The molecule has 2 rings (SSSR count). The van der Waals surface area contributed by atoms with Gasteiger partial charge < -0.3 is 15.0 Å². The highest BCUT2D eigenvalue weighted by molar-refractivity contribution is 6.32. The van der Waals surface area contributed by atoms with E-state index in [-0.39, 0.29) is 24.4 Å². The average molecular weight is 347 g/mol. The van der Waals surface area contributed by atoms with Crippen molar-refractivity contribution in [3.63, 3.8) is 0 Å². The first-order chi connectivity index (χ1) is 9.99. The van der Waals surface area contributed by atoms with Gasteiger partial charge in [-0.3, -0.25) is 4.79 Å². The van der Waals surface area contributed by atoms with E-state index in [9.17, 15) is 4.79 Å². The van der Waals surface area contributed by atoms with Crippen molar-refractivity contribution in [2.45, 2.75) is 38.8 Å². The van der Waals surface area contributed by atoms with Crippen LogP contribution in [-0.2, 0) is 4.79 Å². The Morgan fingerprint density at radius 1 is 1.41 bits per heavy atom. The Kier molecular flexibility index (Phi) is 7.46. The van der Waals surface area contributed by atoms with E-state index in [0.717, 1.165) is 31.5 Å². The molecule has 6 heteroatoms. The second kappa shape index (κ2) is 8.61. The number of aryl methyl sites for hydroxylation is 1. The summed E-state index contributed by atoms with van der Waals surface area (Å²) in [7, 11) is 1.86. The lowest BCUT2D eigenvalue weighted by atomic mass is 10.0. The summed E-state index contributed by atoms with van der Waals surface area (Å²) in [5.74, 6) is 0.565. The zero-order chi connectivity index (χ0) is 15.4. The highest BCUT2D eigenvalue weighted by atomic mass is 35.5. The maximum Gasteiger partial charge on any atom is 0.263 e. The number of rotatable bonds is 4. The molecule has 0 radical (unpaired) electrons. The molecule has 1 aromatic carbocycles. The molecule has 0 bridgehead atoms. The van der Waals surface area contributed by atoms with Gasteiger partial charge in [-0.05, 0) is 57.5 Å². The normalized spacial score (nSPS) is 16.5. The summed E-state index contributed by atoms with van der Waals surface area (Å²) in [6, 6.07) is 5.86. The van der Waals surface area contributed by atoms with Crippen LogP contribution < -0.4 is 10.1 Å². The molecule has 1 aliphatic rings. The molecule has 0 spiro atoms. The first kappa shape index (κ1) is 19.1. The van der Waals surface area contributed by atoms with E-state index in [1.807, 2.05) is 31.0 Å². The molecule has 0 aromatic heterocycles. The largest absolute Gasteiger partial charge is 0.479 e. The van der Waals surface area contributed by atoms with Crippen molar-refractivity contribution in [1.29, 1.82) is 0 Å². The Morgan fingerprint density at radius 2 is 2.05 bits per heavy atom. The van der Waals surface area contributed by atoms with Crippen LogP contribution in [0.2, 0.25) is 5.02 Å². The number of nitrogens with zero attached hydrogens (tertiary/aromatic N) is 1. The fourth-order valence-corrected chi connectivity index (χ4v) is 2.76. The van der Waals surface area contributed by atoms with Gasteiger partial charge in [0.2, 0.25) is 0 Å². The molecule has 1 saturated heterocycles. The summed E-state index contributed by atoms with van der Waals surface area (Å²) in [6.45, 7) is 5.66. The maximum absolute atomic E-state index is 12.5. The molecule has 1 amide bonds. The van der Waals surface area contributed by atoms with E-state index in [1.165, 1.54) is 0 Å². The standard InChI is InChI=1S/C16H23ClN2O2.ClH/c1-11-4-5-14(17)15(10-11)21-12(2)16(20)19(3)13-6-8-18-9-7-13;/h4-5,10,12-13,18H,6-9H2,1-3H3;1H. The van der Waals surface area contributed by atoms with E-state index in [4.69, 9.17) is 16.3 Å². The Bertz CT molecular complexity index is 505. The molecule has 1 heterocycles. The summed E-state index contributed by atoms with van der Waals surface area (Å²) in [5.41, 5.74) is 1.06. The molecule has 1 aromatic rings. The molecular formula is C16H24Cl2N2O2. The summed E-state index contributed by atoms with van der Waals surface area (Å²) < 4.78 is 5.76. The highest BCUT2D eigenvalue weighted by Gasteiger charge is 2.26. The van der Waals surface area contributed by atoms with Gasteiger partial charge in [0.25, 0.3) is 5.91 Å². The number of hydrogen-bond acceptors (Lipinski definition) is 3. The second-order valence-electron chi connectivity index (χ2n) is 5.62. The number of amides is 1. The lowest BCUT2D eigenvalue weighted by molar-refractivity contribution is -0.139. The first-order valence-electron chi connectivity index (χ1n) is 7.39. The Labute approximate surface area is 143 Å². The van der Waals surface area contributed by atoms with Gasteiger partial charge in [-0.15, -0.1) is 12.4 Å². The van der Waals surface area contributed by atoms with Crippen molar-refractivity contribution >= 4 is 29.9 Å². The molecule has 0 aliphatic carbocycles. The molecule has 1 fully saturated rings. The molecule has 22 heavy (non-hydrogen) atoms. The summed E-state index contributed by atoms with van der Waals surface area (Å²) in [4.78, 5) is 14.3. The van der Waals surface area contributed by atoms with E-state index in [0.29, 0.717) is 10.8 Å². The number of ether oxygens (including phenoxy) is 1. The second-order valence-corrected chi connectivity index (χ2v) is 6.03. The predicted octanol–water partition coefficient (Wildman–Crippen LogP) is 3.05. The van der Waals surface area contributed by atoms with Crippen molar-refractivity contribution < 1.29 is 9.53 Å². The van der Waals surface area contributed by atoms with Crippen molar-refractivity contribution in [3.8, 4) is 5.75 Å². The Hall–Kier alpha value is -0.970. The number of halogens is 2. The zero-order valence-corrected chi connectivity index (χ0v) is 14.8. The van der Waals surface area contributed by atoms with Crippen LogP contribution in [0.3, 0.4) is 0 Å². The molecule has 1 unspecified atom stereocenters. The van der Waals surface area contributed by atoms with Gasteiger partial charge in [-0.2, -0.15) is 0 Å². The van der Waals surface area contributed by atoms with E-state index < -0.39 is 6.10 Å². The van der Waals surface area contributed by atoms with Crippen LogP contribution in [0.25, 0.3) is 0 Å². The summed E-state index contributed by atoms with van der Waals surface area (Å²) >= 11 is 6.12. The molecule has 1 atom stereocenters. The van der Waals surface area contributed by atoms with Crippen LogP contribution in [-0.4, -0.2) is 43.1 Å². The van der Waals surface area contributed by atoms with E-state index >= 15 is 0 Å². The van der Waals surface area contributed by atoms with Crippen molar-refractivity contribution in [3.05, 3.63) is 28.8 Å². The first-order valence-corrected chi connectivity index (χ1v) is 7.77. The Balaban J connectivity index is 0.00000242. The highest BCUT2D eigenvalue weighted by Crippen LogP contribution is 2.26. The topological polar surface area (TPSA) is 41.6 Å². The number of piperidine rings is 1. The lowest BCUT2D eigenvalue weighted by Gasteiger charge is -2.33. The molecule has 1 aliphatic heterocycles. The summed E-state index contributed by atoms with van der Waals surface area (Å²) in [6.07, 6.45) is 1.43. The molecular weight excluding hydrogens is 323 g/mol. The zero-order valence-electron chi connectivity index (χ0n) is 13.3. The molecule has 124 valence electrons. The van der Waals surface area contributed by atoms with Crippen LogP contribution in [0.5, 0.6) is 5.75 Å². The van der Waals surface area contributed by atoms with Gasteiger partial charge in [0, 0.05) is 13.1 Å². The number of likely N-dealkylation sites (N-methyl/N-ethyl adjacent to an activating group) is 1. The average Bonchev–Trinajstić information content (AvgIpc) is 2.50. The minimum absolute atomic E-state index is 0. The number of carbonyl (C=O) groups is 1. The van der Waals surface area contributed by atoms with Gasteiger partial charge in [0.1, 0.15) is 5.75 Å². The minimum atomic E-state index is -0.538. The smallest absolute Gasteiger partial charge is 0.263 e.